The standard InChI is InChI=1S/C20H16BrF2O3PS.2Na.2H/c21-19-12-14(6-11-18(19)20(22,23)27(24,25)26)13-28-17-9-7-16(8-10-17)15-4-2-1-3-5-15;;;;/h1-12H,13H2,(H2,24,25,26);;;;. The van der Waals surface area contributed by atoms with Gasteiger partial charge in [0.05, 0.1) is 0 Å². The topological polar surface area (TPSA) is 57.5 Å². The van der Waals surface area contributed by atoms with Crippen molar-refractivity contribution in [1.82, 2.24) is 0 Å². The summed E-state index contributed by atoms with van der Waals surface area (Å²) in [6.07, 6.45) is 0. The fourth-order valence-corrected chi connectivity index (χ4v) is 4.77. The molecule has 3 nitrogen and oxygen atoms in total. The monoisotopic (exact) mass is 532 g/mol. The normalized spacial score (nSPS) is 11.4. The van der Waals surface area contributed by atoms with Gasteiger partial charge >= 0.3 is 72.4 Å². The van der Waals surface area contributed by atoms with Gasteiger partial charge in [-0.1, -0.05) is 70.5 Å². The van der Waals surface area contributed by atoms with Gasteiger partial charge in [-0.05, 0) is 34.9 Å². The number of halogens is 3. The van der Waals surface area contributed by atoms with Crippen molar-refractivity contribution in [3.05, 3.63) is 88.4 Å². The quantitative estimate of drug-likeness (QED) is 0.255. The van der Waals surface area contributed by atoms with Gasteiger partial charge in [0.1, 0.15) is 0 Å². The molecule has 30 heavy (non-hydrogen) atoms. The molecule has 0 aliphatic carbocycles. The van der Waals surface area contributed by atoms with E-state index in [0.29, 0.717) is 5.75 Å². The second kappa shape index (κ2) is 12.1. The molecule has 0 atom stereocenters. The first kappa shape index (κ1) is 28.5. The maximum atomic E-state index is 13.9. The minimum absolute atomic E-state index is 0. The third-order valence-corrected chi connectivity index (χ3v) is 6.80. The fourth-order valence-electron chi connectivity index (χ4n) is 2.59. The zero-order chi connectivity index (χ0) is 20.4. The average molecular weight is 533 g/mol. The zero-order valence-electron chi connectivity index (χ0n) is 14.4. The Morgan fingerprint density at radius 3 is 2.00 bits per heavy atom. The Morgan fingerprint density at radius 1 is 0.900 bits per heavy atom. The van der Waals surface area contributed by atoms with Crippen LogP contribution in [-0.4, -0.2) is 68.9 Å². The van der Waals surface area contributed by atoms with Crippen molar-refractivity contribution in [2.24, 2.45) is 0 Å². The first-order valence-corrected chi connectivity index (χ1v) is 11.6. The molecular weight excluding hydrogens is 515 g/mol. The molecule has 0 spiro atoms. The number of rotatable bonds is 6. The molecule has 0 heterocycles. The van der Waals surface area contributed by atoms with Gasteiger partial charge < -0.3 is 9.79 Å². The van der Waals surface area contributed by atoms with E-state index in [4.69, 9.17) is 9.79 Å². The van der Waals surface area contributed by atoms with Crippen molar-refractivity contribution in [1.29, 1.82) is 0 Å². The molecule has 0 bridgehead atoms. The molecule has 0 radical (unpaired) electrons. The van der Waals surface area contributed by atoms with E-state index in [2.05, 4.69) is 15.9 Å². The third kappa shape index (κ3) is 7.00. The fraction of sp³-hybridized carbons (Fsp3) is 0.100. The van der Waals surface area contributed by atoms with Crippen LogP contribution in [0.4, 0.5) is 8.78 Å². The van der Waals surface area contributed by atoms with Crippen LogP contribution < -0.4 is 0 Å². The SMILES string of the molecule is O=P(O)(O)C(F)(F)c1ccc(CSc2ccc(-c3ccccc3)cc2)cc1Br.[NaH].[NaH]. The van der Waals surface area contributed by atoms with Crippen molar-refractivity contribution in [3.8, 4) is 11.1 Å². The summed E-state index contributed by atoms with van der Waals surface area (Å²) in [4.78, 5) is 18.8. The molecule has 0 aromatic heterocycles. The zero-order valence-corrected chi connectivity index (χ0v) is 17.7. The van der Waals surface area contributed by atoms with Gasteiger partial charge in [0, 0.05) is 20.7 Å². The summed E-state index contributed by atoms with van der Waals surface area (Å²) in [5.41, 5.74) is -1.96. The van der Waals surface area contributed by atoms with E-state index < -0.39 is 18.8 Å². The molecule has 2 N–H and O–H groups in total. The number of hydrogen-bond acceptors (Lipinski definition) is 2. The van der Waals surface area contributed by atoms with Gasteiger partial charge in [-0.15, -0.1) is 11.8 Å². The molecule has 0 saturated carbocycles. The Labute approximate surface area is 230 Å². The van der Waals surface area contributed by atoms with Crippen molar-refractivity contribution < 1.29 is 23.1 Å². The minimum atomic E-state index is -5.59. The van der Waals surface area contributed by atoms with Crippen LogP contribution in [-0.2, 0) is 16.0 Å². The molecule has 0 fully saturated rings. The van der Waals surface area contributed by atoms with Crippen molar-refractivity contribution in [2.75, 3.05) is 0 Å². The van der Waals surface area contributed by atoms with Crippen LogP contribution in [0.1, 0.15) is 11.1 Å². The summed E-state index contributed by atoms with van der Waals surface area (Å²) in [5.74, 6) is 0.533. The summed E-state index contributed by atoms with van der Waals surface area (Å²) in [6, 6.07) is 22.0. The number of hydrogen-bond donors (Lipinski definition) is 2. The summed E-state index contributed by atoms with van der Waals surface area (Å²) in [7, 11) is -5.59. The first-order chi connectivity index (χ1) is 13.2. The Balaban J connectivity index is 0.00000225. The molecule has 3 rings (SSSR count). The van der Waals surface area contributed by atoms with Gasteiger partial charge in [-0.2, -0.15) is 8.78 Å². The first-order valence-electron chi connectivity index (χ1n) is 8.19. The molecule has 10 heteroatoms. The number of thioether (sulfide) groups is 1. The Morgan fingerprint density at radius 2 is 1.47 bits per heavy atom. The summed E-state index contributed by atoms with van der Waals surface area (Å²) in [6.45, 7) is 0. The molecule has 0 saturated heterocycles. The van der Waals surface area contributed by atoms with Gasteiger partial charge in [0.2, 0.25) is 0 Å². The van der Waals surface area contributed by atoms with E-state index in [1.54, 1.807) is 11.8 Å². The maximum absolute atomic E-state index is 13.9. The molecule has 0 aliphatic heterocycles. The Hall–Kier alpha value is 0.500. The Kier molecular flexibility index (Phi) is 11.5. The molecule has 0 amide bonds. The second-order valence-corrected chi connectivity index (χ2v) is 9.63. The van der Waals surface area contributed by atoms with Gasteiger partial charge in [0.15, 0.2) is 0 Å². The van der Waals surface area contributed by atoms with E-state index >= 15 is 0 Å². The molecule has 150 valence electrons. The van der Waals surface area contributed by atoms with E-state index in [1.165, 1.54) is 12.1 Å². The summed E-state index contributed by atoms with van der Waals surface area (Å²) in [5, 5.41) is 0. The van der Waals surface area contributed by atoms with E-state index in [1.807, 2.05) is 54.6 Å². The predicted octanol–water partition coefficient (Wildman–Crippen LogP) is 5.34. The van der Waals surface area contributed by atoms with Crippen LogP contribution in [0.3, 0.4) is 0 Å². The number of alkyl halides is 2. The van der Waals surface area contributed by atoms with Crippen LogP contribution in [0, 0.1) is 0 Å². The van der Waals surface area contributed by atoms with Crippen molar-refractivity contribution >= 4 is 94.4 Å². The molecule has 0 aliphatic rings. The van der Waals surface area contributed by atoms with E-state index in [9.17, 15) is 13.3 Å². The van der Waals surface area contributed by atoms with Crippen molar-refractivity contribution in [2.45, 2.75) is 16.3 Å². The second-order valence-electron chi connectivity index (χ2n) is 6.08. The van der Waals surface area contributed by atoms with E-state index in [-0.39, 0.29) is 63.6 Å². The van der Waals surface area contributed by atoms with Crippen molar-refractivity contribution in [3.63, 3.8) is 0 Å². The van der Waals surface area contributed by atoms with Gasteiger partial charge in [0.25, 0.3) is 0 Å². The van der Waals surface area contributed by atoms with E-state index in [0.717, 1.165) is 27.7 Å². The molecule has 0 unspecified atom stereocenters. The number of benzene rings is 3. The van der Waals surface area contributed by atoms with Crippen LogP contribution >= 0.6 is 35.3 Å². The molecular formula is C20H18BrF2Na2O3PS. The Bertz CT molecular complexity index is 1020. The molecule has 3 aromatic carbocycles. The summed E-state index contributed by atoms with van der Waals surface area (Å²) >= 11 is 4.55. The van der Waals surface area contributed by atoms with Crippen LogP contribution in [0.5, 0.6) is 0 Å². The average Bonchev–Trinajstić information content (AvgIpc) is 2.66. The predicted molar refractivity (Wildman–Crippen MR) is 126 cm³/mol. The molecule has 3 aromatic rings. The van der Waals surface area contributed by atoms with Crippen LogP contribution in [0.2, 0.25) is 0 Å². The summed E-state index contributed by atoms with van der Waals surface area (Å²) < 4.78 is 38.8. The van der Waals surface area contributed by atoms with Crippen LogP contribution in [0.15, 0.2) is 82.2 Å². The third-order valence-electron chi connectivity index (χ3n) is 4.09. The van der Waals surface area contributed by atoms with Crippen LogP contribution in [0.25, 0.3) is 11.1 Å². The van der Waals surface area contributed by atoms with Gasteiger partial charge in [-0.25, -0.2) is 0 Å². The van der Waals surface area contributed by atoms with Gasteiger partial charge in [-0.3, -0.25) is 4.57 Å².